The molecular weight excluding hydrogens is 331 g/mol. The fraction of sp³-hybridized carbons (Fsp3) is 0.650. The van der Waals surface area contributed by atoms with Crippen LogP contribution in [0.4, 0.5) is 4.39 Å². The van der Waals surface area contributed by atoms with E-state index in [4.69, 9.17) is 4.74 Å². The van der Waals surface area contributed by atoms with Gasteiger partial charge in [0.25, 0.3) is 0 Å². The Morgan fingerprint density at radius 2 is 2.19 bits per heavy atom. The van der Waals surface area contributed by atoms with Crippen molar-refractivity contribution < 1.29 is 9.13 Å². The Kier molecular flexibility index (Phi) is 6.35. The van der Waals surface area contributed by atoms with E-state index in [1.54, 1.807) is 19.2 Å². The van der Waals surface area contributed by atoms with Crippen LogP contribution in [0.5, 0.6) is 5.75 Å². The second-order valence-electron chi connectivity index (χ2n) is 7.54. The van der Waals surface area contributed by atoms with Crippen LogP contribution in [0.3, 0.4) is 0 Å². The third-order valence-electron chi connectivity index (χ3n) is 5.38. The van der Waals surface area contributed by atoms with Gasteiger partial charge in [0.15, 0.2) is 17.5 Å². The van der Waals surface area contributed by atoms with Crippen LogP contribution in [-0.4, -0.2) is 50.7 Å². The van der Waals surface area contributed by atoms with E-state index in [2.05, 4.69) is 27.6 Å². The first-order chi connectivity index (χ1) is 12.6. The maximum atomic E-state index is 14.3. The van der Waals surface area contributed by atoms with Gasteiger partial charge in [-0.15, -0.1) is 0 Å². The van der Waals surface area contributed by atoms with Gasteiger partial charge in [-0.05, 0) is 69.8 Å². The highest BCUT2D eigenvalue weighted by molar-refractivity contribution is 5.80. The molecule has 0 amide bonds. The number of hydrogen-bond donors (Lipinski definition) is 2. The first kappa shape index (κ1) is 19.0. The topological polar surface area (TPSA) is 48.9 Å². The molecule has 3 rings (SSSR count). The van der Waals surface area contributed by atoms with Crippen LogP contribution in [0.1, 0.15) is 44.2 Å². The first-order valence-electron chi connectivity index (χ1n) is 9.66. The Morgan fingerprint density at radius 3 is 2.81 bits per heavy atom. The molecule has 5 nitrogen and oxygen atoms in total. The number of likely N-dealkylation sites (tertiary alicyclic amines) is 1. The average molecular weight is 362 g/mol. The van der Waals surface area contributed by atoms with Gasteiger partial charge in [0.05, 0.1) is 12.6 Å². The minimum atomic E-state index is -0.299. The van der Waals surface area contributed by atoms with Crippen LogP contribution in [-0.2, 0) is 0 Å². The van der Waals surface area contributed by atoms with E-state index in [0.717, 1.165) is 24.6 Å². The Hall–Kier alpha value is -1.82. The van der Waals surface area contributed by atoms with Crippen molar-refractivity contribution in [2.24, 2.45) is 10.9 Å². The lowest BCUT2D eigenvalue weighted by Crippen LogP contribution is -2.44. The summed E-state index contributed by atoms with van der Waals surface area (Å²) in [5, 5.41) is 6.73. The van der Waals surface area contributed by atoms with Gasteiger partial charge >= 0.3 is 0 Å². The summed E-state index contributed by atoms with van der Waals surface area (Å²) in [6.07, 6.45) is 4.86. The largest absolute Gasteiger partial charge is 0.490 e. The van der Waals surface area contributed by atoms with Crippen LogP contribution < -0.4 is 15.4 Å². The van der Waals surface area contributed by atoms with E-state index < -0.39 is 0 Å². The molecule has 0 aromatic heterocycles. The van der Waals surface area contributed by atoms with E-state index in [-0.39, 0.29) is 11.9 Å². The maximum Gasteiger partial charge on any atom is 0.191 e. The molecule has 6 heteroatoms. The molecule has 1 aromatic carbocycles. The van der Waals surface area contributed by atoms with Gasteiger partial charge in [-0.2, -0.15) is 0 Å². The lowest BCUT2D eigenvalue weighted by molar-refractivity contribution is 0.285. The number of nitrogens with one attached hydrogen (secondary N) is 2. The number of hydrogen-bond acceptors (Lipinski definition) is 3. The number of halogens is 1. The Bertz CT molecular complexity index is 632. The van der Waals surface area contributed by atoms with E-state index in [0.29, 0.717) is 24.3 Å². The molecule has 1 aliphatic heterocycles. The SMILES string of the molecule is CN=C(NCC1CCCN1C)NC(C)c1ccc(OCC2CC2)c(F)c1. The van der Waals surface area contributed by atoms with E-state index in [9.17, 15) is 4.39 Å². The Balaban J connectivity index is 1.51. The molecule has 0 spiro atoms. The highest BCUT2D eigenvalue weighted by atomic mass is 19.1. The standard InChI is InChI=1S/C20H31FN4O/c1-14(24-20(22-2)23-12-17-5-4-10-25(17)3)16-8-9-19(18(21)11-16)26-13-15-6-7-15/h8-9,11,14-15,17H,4-7,10,12-13H2,1-3H3,(H2,22,23,24). The van der Waals surface area contributed by atoms with Gasteiger partial charge in [-0.3, -0.25) is 4.99 Å². The lowest BCUT2D eigenvalue weighted by Gasteiger charge is -2.23. The molecule has 2 N–H and O–H groups in total. The highest BCUT2D eigenvalue weighted by Gasteiger charge is 2.23. The lowest BCUT2D eigenvalue weighted by atomic mass is 10.1. The molecule has 26 heavy (non-hydrogen) atoms. The average Bonchev–Trinajstić information content (AvgIpc) is 3.38. The number of ether oxygens (including phenoxy) is 1. The molecule has 0 radical (unpaired) electrons. The second kappa shape index (κ2) is 8.71. The predicted octanol–water partition coefficient (Wildman–Crippen LogP) is 2.93. The Morgan fingerprint density at radius 1 is 1.38 bits per heavy atom. The summed E-state index contributed by atoms with van der Waals surface area (Å²) in [4.78, 5) is 6.67. The molecule has 0 bridgehead atoms. The molecule has 1 saturated heterocycles. The van der Waals surface area contributed by atoms with Crippen LogP contribution in [0.2, 0.25) is 0 Å². The van der Waals surface area contributed by atoms with E-state index >= 15 is 0 Å². The van der Waals surface area contributed by atoms with Gasteiger partial charge < -0.3 is 20.3 Å². The summed E-state index contributed by atoms with van der Waals surface area (Å²) in [6.45, 7) is 4.65. The van der Waals surface area contributed by atoms with Gasteiger partial charge in [0.1, 0.15) is 0 Å². The van der Waals surface area contributed by atoms with Crippen molar-refractivity contribution in [3.63, 3.8) is 0 Å². The van der Waals surface area contributed by atoms with Gasteiger partial charge in [0.2, 0.25) is 0 Å². The number of likely N-dealkylation sites (N-methyl/N-ethyl adjacent to an activating group) is 1. The van der Waals surface area contributed by atoms with Crippen LogP contribution >= 0.6 is 0 Å². The zero-order chi connectivity index (χ0) is 18.5. The predicted molar refractivity (Wildman–Crippen MR) is 103 cm³/mol. The third kappa shape index (κ3) is 5.10. The van der Waals surface area contributed by atoms with Crippen LogP contribution in [0.25, 0.3) is 0 Å². The van der Waals surface area contributed by atoms with Crippen molar-refractivity contribution in [3.8, 4) is 5.75 Å². The van der Waals surface area contributed by atoms with Crippen molar-refractivity contribution in [2.45, 2.75) is 44.7 Å². The zero-order valence-corrected chi connectivity index (χ0v) is 16.1. The van der Waals surface area contributed by atoms with Crippen molar-refractivity contribution in [1.82, 2.24) is 15.5 Å². The summed E-state index contributed by atoms with van der Waals surface area (Å²) in [6, 6.07) is 5.70. The van der Waals surface area contributed by atoms with E-state index in [1.165, 1.54) is 25.7 Å². The van der Waals surface area contributed by atoms with Crippen molar-refractivity contribution in [3.05, 3.63) is 29.6 Å². The van der Waals surface area contributed by atoms with Crippen molar-refractivity contribution >= 4 is 5.96 Å². The molecule has 1 aromatic rings. The summed E-state index contributed by atoms with van der Waals surface area (Å²) in [7, 11) is 3.92. The fourth-order valence-corrected chi connectivity index (χ4v) is 3.33. The molecule has 2 unspecified atom stereocenters. The van der Waals surface area contributed by atoms with Gasteiger partial charge in [-0.25, -0.2) is 4.39 Å². The molecule has 2 aliphatic rings. The second-order valence-corrected chi connectivity index (χ2v) is 7.54. The van der Waals surface area contributed by atoms with Gasteiger partial charge in [0, 0.05) is 19.6 Å². The van der Waals surface area contributed by atoms with Crippen LogP contribution in [0.15, 0.2) is 23.2 Å². The number of guanidine groups is 1. The molecule has 1 aliphatic carbocycles. The minimum absolute atomic E-state index is 0.0468. The summed E-state index contributed by atoms with van der Waals surface area (Å²) in [5.41, 5.74) is 0.877. The number of rotatable bonds is 7. The Labute approximate surface area is 156 Å². The normalized spacial score (nSPS) is 22.3. The molecule has 2 atom stereocenters. The molecular formula is C20H31FN4O. The zero-order valence-electron chi connectivity index (χ0n) is 16.1. The monoisotopic (exact) mass is 362 g/mol. The molecule has 1 heterocycles. The number of aliphatic imine (C=N–C) groups is 1. The highest BCUT2D eigenvalue weighted by Crippen LogP contribution is 2.30. The summed E-state index contributed by atoms with van der Waals surface area (Å²) >= 11 is 0. The fourth-order valence-electron chi connectivity index (χ4n) is 3.33. The minimum Gasteiger partial charge on any atom is -0.490 e. The van der Waals surface area contributed by atoms with Crippen molar-refractivity contribution in [1.29, 1.82) is 0 Å². The van der Waals surface area contributed by atoms with Crippen molar-refractivity contribution in [2.75, 3.05) is 33.8 Å². The van der Waals surface area contributed by atoms with E-state index in [1.807, 2.05) is 13.0 Å². The molecule has 2 fully saturated rings. The summed E-state index contributed by atoms with van der Waals surface area (Å²) in [5.74, 6) is 1.40. The van der Waals surface area contributed by atoms with Crippen LogP contribution in [0, 0.1) is 11.7 Å². The van der Waals surface area contributed by atoms with Gasteiger partial charge in [-0.1, -0.05) is 6.07 Å². The third-order valence-corrected chi connectivity index (χ3v) is 5.38. The smallest absolute Gasteiger partial charge is 0.191 e. The molecule has 1 saturated carbocycles. The number of nitrogens with zero attached hydrogens (tertiary/aromatic N) is 2. The quantitative estimate of drug-likeness (QED) is 0.578. The summed E-state index contributed by atoms with van der Waals surface area (Å²) < 4.78 is 19.9. The maximum absolute atomic E-state index is 14.3. The first-order valence-corrected chi connectivity index (χ1v) is 9.66. The molecule has 144 valence electrons. The number of benzene rings is 1.